The highest BCUT2D eigenvalue weighted by molar-refractivity contribution is 7.06. The molecule has 0 aromatic carbocycles. The van der Waals surface area contributed by atoms with Crippen molar-refractivity contribution in [2.75, 3.05) is 0 Å². The third kappa shape index (κ3) is 1.46. The largest absolute Gasteiger partial charge is 0.303 e. The lowest BCUT2D eigenvalue weighted by Gasteiger charge is -1.94. The number of nitrogens with zero attached hydrogens (tertiary/aromatic N) is 1. The molecule has 4 heteroatoms. The number of aryl methyl sites for hydroxylation is 2. The van der Waals surface area contributed by atoms with E-state index in [9.17, 15) is 9.59 Å². The van der Waals surface area contributed by atoms with Crippen LogP contribution in [-0.2, 0) is 24.2 Å². The molecular formula is C9H11NO2S. The Morgan fingerprint density at radius 3 is 3.00 bits per heavy atom. The molecule has 0 N–H and O–H groups in total. The Balaban J connectivity index is 2.28. The van der Waals surface area contributed by atoms with E-state index in [1.54, 1.807) is 3.96 Å². The van der Waals surface area contributed by atoms with Crippen LogP contribution in [-0.4, -0.2) is 10.2 Å². The van der Waals surface area contributed by atoms with Crippen LogP contribution in [0.15, 0.2) is 4.79 Å². The normalized spacial score (nSPS) is 14.5. The number of hydrogen-bond acceptors (Lipinski definition) is 3. The fourth-order valence-corrected chi connectivity index (χ4v) is 2.88. The van der Waals surface area contributed by atoms with Crippen LogP contribution in [0.5, 0.6) is 0 Å². The van der Waals surface area contributed by atoms with Crippen molar-refractivity contribution in [3.05, 3.63) is 20.8 Å². The maximum absolute atomic E-state index is 11.6. The van der Waals surface area contributed by atoms with Crippen LogP contribution in [0.4, 0.5) is 0 Å². The van der Waals surface area contributed by atoms with Crippen molar-refractivity contribution in [3.8, 4) is 0 Å². The van der Waals surface area contributed by atoms with Gasteiger partial charge in [0.1, 0.15) is 6.29 Å². The summed E-state index contributed by atoms with van der Waals surface area (Å²) in [4.78, 5) is 23.0. The highest BCUT2D eigenvalue weighted by Crippen LogP contribution is 2.23. The number of hydrogen-bond donors (Lipinski definition) is 0. The van der Waals surface area contributed by atoms with Crippen LogP contribution in [0.3, 0.4) is 0 Å². The SMILES string of the molecule is O=CCCn1sc2c(c1=O)CCC2. The Hall–Kier alpha value is -0.900. The second-order valence-corrected chi connectivity index (χ2v) is 4.33. The second-order valence-electron chi connectivity index (χ2n) is 3.21. The van der Waals surface area contributed by atoms with Crippen molar-refractivity contribution in [2.24, 2.45) is 0 Å². The van der Waals surface area contributed by atoms with Gasteiger partial charge in [-0.3, -0.25) is 8.75 Å². The van der Waals surface area contributed by atoms with Crippen LogP contribution in [0.1, 0.15) is 23.3 Å². The molecule has 2 rings (SSSR count). The fraction of sp³-hybridized carbons (Fsp3) is 0.556. The Labute approximate surface area is 80.1 Å². The Morgan fingerprint density at radius 1 is 1.46 bits per heavy atom. The first-order valence-corrected chi connectivity index (χ1v) is 5.26. The van der Waals surface area contributed by atoms with Crippen LogP contribution in [0, 0.1) is 0 Å². The van der Waals surface area contributed by atoms with E-state index in [4.69, 9.17) is 0 Å². The molecular weight excluding hydrogens is 186 g/mol. The molecule has 13 heavy (non-hydrogen) atoms. The molecule has 0 aliphatic heterocycles. The average Bonchev–Trinajstić information content (AvgIpc) is 2.67. The summed E-state index contributed by atoms with van der Waals surface area (Å²) in [6, 6.07) is 0. The average molecular weight is 197 g/mol. The number of fused-ring (bicyclic) bond motifs is 1. The molecule has 0 saturated carbocycles. The van der Waals surface area contributed by atoms with Gasteiger partial charge in [0.15, 0.2) is 0 Å². The van der Waals surface area contributed by atoms with E-state index in [-0.39, 0.29) is 5.56 Å². The molecule has 1 heterocycles. The van der Waals surface area contributed by atoms with Crippen molar-refractivity contribution < 1.29 is 4.79 Å². The van der Waals surface area contributed by atoms with E-state index >= 15 is 0 Å². The van der Waals surface area contributed by atoms with Gasteiger partial charge >= 0.3 is 0 Å². The molecule has 1 aliphatic rings. The smallest absolute Gasteiger partial charge is 0.264 e. The third-order valence-corrected chi connectivity index (χ3v) is 3.56. The fourth-order valence-electron chi connectivity index (χ4n) is 1.69. The number of rotatable bonds is 3. The molecule has 3 nitrogen and oxygen atoms in total. The summed E-state index contributed by atoms with van der Waals surface area (Å²) in [6.07, 6.45) is 4.39. The van der Waals surface area contributed by atoms with E-state index in [0.717, 1.165) is 31.1 Å². The molecule has 0 atom stereocenters. The molecule has 0 saturated heterocycles. The van der Waals surface area contributed by atoms with Crippen molar-refractivity contribution in [2.45, 2.75) is 32.2 Å². The van der Waals surface area contributed by atoms with Gasteiger partial charge in [0, 0.05) is 23.4 Å². The summed E-state index contributed by atoms with van der Waals surface area (Å²) < 4.78 is 1.71. The Bertz CT molecular complexity index is 377. The van der Waals surface area contributed by atoms with Crippen LogP contribution in [0.2, 0.25) is 0 Å². The lowest BCUT2D eigenvalue weighted by atomic mass is 10.3. The van der Waals surface area contributed by atoms with Crippen molar-refractivity contribution in [3.63, 3.8) is 0 Å². The molecule has 1 aromatic heterocycles. The molecule has 0 spiro atoms. The Morgan fingerprint density at radius 2 is 2.31 bits per heavy atom. The number of aldehydes is 1. The second kappa shape index (κ2) is 3.46. The number of aromatic nitrogens is 1. The number of carbonyl (C=O) groups is 1. The van der Waals surface area contributed by atoms with Gasteiger partial charge in [0.05, 0.1) is 0 Å². The molecule has 0 unspecified atom stereocenters. The summed E-state index contributed by atoms with van der Waals surface area (Å²) in [7, 11) is 0. The third-order valence-electron chi connectivity index (χ3n) is 2.32. The van der Waals surface area contributed by atoms with Gasteiger partial charge in [-0.15, -0.1) is 0 Å². The van der Waals surface area contributed by atoms with E-state index in [2.05, 4.69) is 0 Å². The predicted octanol–water partition coefficient (Wildman–Crippen LogP) is 0.988. The first-order chi connectivity index (χ1) is 6.33. The van der Waals surface area contributed by atoms with Crippen molar-refractivity contribution >= 4 is 17.8 Å². The van der Waals surface area contributed by atoms with Crippen LogP contribution >= 0.6 is 11.5 Å². The van der Waals surface area contributed by atoms with Gasteiger partial charge in [0.25, 0.3) is 5.56 Å². The Kier molecular flexibility index (Phi) is 2.31. The summed E-state index contributed by atoms with van der Waals surface area (Å²) in [5.41, 5.74) is 1.13. The first-order valence-electron chi connectivity index (χ1n) is 4.48. The molecule has 0 bridgehead atoms. The van der Waals surface area contributed by atoms with Crippen molar-refractivity contribution in [1.29, 1.82) is 0 Å². The van der Waals surface area contributed by atoms with Crippen LogP contribution < -0.4 is 5.56 Å². The molecule has 0 radical (unpaired) electrons. The van der Waals surface area contributed by atoms with Crippen molar-refractivity contribution in [1.82, 2.24) is 3.96 Å². The standard InChI is InChI=1S/C9H11NO2S/c11-6-2-5-10-9(12)7-3-1-4-8(7)13-10/h6H,1-5H2. The molecule has 1 aliphatic carbocycles. The maximum Gasteiger partial charge on any atom is 0.264 e. The first kappa shape index (κ1) is 8.69. The lowest BCUT2D eigenvalue weighted by Crippen LogP contribution is -2.16. The van der Waals surface area contributed by atoms with Crippen LogP contribution in [0.25, 0.3) is 0 Å². The minimum absolute atomic E-state index is 0.138. The van der Waals surface area contributed by atoms with Gasteiger partial charge in [-0.2, -0.15) is 0 Å². The van der Waals surface area contributed by atoms with E-state index < -0.39 is 0 Å². The van der Waals surface area contributed by atoms with E-state index in [1.165, 1.54) is 16.4 Å². The highest BCUT2D eigenvalue weighted by Gasteiger charge is 2.19. The maximum atomic E-state index is 11.6. The minimum atomic E-state index is 0.138. The highest BCUT2D eigenvalue weighted by atomic mass is 32.1. The topological polar surface area (TPSA) is 39.1 Å². The zero-order valence-electron chi connectivity index (χ0n) is 7.28. The molecule has 0 amide bonds. The summed E-state index contributed by atoms with van der Waals surface area (Å²) in [5, 5.41) is 0. The van der Waals surface area contributed by atoms with Gasteiger partial charge in [-0.25, -0.2) is 0 Å². The predicted molar refractivity (Wildman–Crippen MR) is 51.3 cm³/mol. The molecule has 0 fully saturated rings. The van der Waals surface area contributed by atoms with Gasteiger partial charge < -0.3 is 4.79 Å². The lowest BCUT2D eigenvalue weighted by molar-refractivity contribution is -0.108. The zero-order valence-corrected chi connectivity index (χ0v) is 8.10. The zero-order chi connectivity index (χ0) is 9.26. The molecule has 70 valence electrons. The van der Waals surface area contributed by atoms with Gasteiger partial charge in [-0.1, -0.05) is 11.5 Å². The van der Waals surface area contributed by atoms with E-state index in [1.807, 2.05) is 0 Å². The summed E-state index contributed by atoms with van der Waals surface area (Å²) in [6.45, 7) is 0.556. The van der Waals surface area contributed by atoms with Gasteiger partial charge in [-0.05, 0) is 19.3 Å². The summed E-state index contributed by atoms with van der Waals surface area (Å²) in [5.74, 6) is 0. The number of carbonyl (C=O) groups excluding carboxylic acids is 1. The monoisotopic (exact) mass is 197 g/mol. The minimum Gasteiger partial charge on any atom is -0.303 e. The quantitative estimate of drug-likeness (QED) is 0.678. The molecule has 1 aromatic rings. The van der Waals surface area contributed by atoms with Gasteiger partial charge in [0.2, 0.25) is 0 Å². The van der Waals surface area contributed by atoms with E-state index in [0.29, 0.717) is 13.0 Å². The summed E-state index contributed by atoms with van der Waals surface area (Å²) >= 11 is 1.53.